The van der Waals surface area contributed by atoms with Gasteiger partial charge in [-0.05, 0) is 31.2 Å². The number of aryl methyl sites for hydroxylation is 1. The lowest BCUT2D eigenvalue weighted by Crippen LogP contribution is -2.13. The molecule has 0 saturated carbocycles. The number of hydrogen-bond donors (Lipinski definition) is 1. The van der Waals surface area contributed by atoms with Gasteiger partial charge in [-0.3, -0.25) is 4.79 Å². The van der Waals surface area contributed by atoms with Crippen LogP contribution in [0.3, 0.4) is 0 Å². The second-order valence-electron chi connectivity index (χ2n) is 3.83. The van der Waals surface area contributed by atoms with Crippen LogP contribution in [0, 0.1) is 0 Å². The van der Waals surface area contributed by atoms with Gasteiger partial charge in [0.25, 0.3) is 0 Å². The SMILES string of the molecule is CC(=O)OC(=O)c1c(N)sc2c1CCCC2. The monoisotopic (exact) mass is 239 g/mol. The van der Waals surface area contributed by atoms with Crippen molar-refractivity contribution in [2.45, 2.75) is 32.6 Å². The average molecular weight is 239 g/mol. The molecule has 0 unspecified atom stereocenters. The third kappa shape index (κ3) is 1.95. The summed E-state index contributed by atoms with van der Waals surface area (Å²) in [6.07, 6.45) is 4.01. The molecule has 0 fully saturated rings. The number of fused-ring (bicyclic) bond motifs is 1. The van der Waals surface area contributed by atoms with Crippen LogP contribution in [0.4, 0.5) is 5.00 Å². The number of anilines is 1. The van der Waals surface area contributed by atoms with E-state index < -0.39 is 11.9 Å². The Morgan fingerprint density at radius 3 is 2.69 bits per heavy atom. The van der Waals surface area contributed by atoms with Gasteiger partial charge in [0.2, 0.25) is 0 Å². The molecule has 4 nitrogen and oxygen atoms in total. The average Bonchev–Trinajstić information content (AvgIpc) is 2.52. The fraction of sp³-hybridized carbons (Fsp3) is 0.455. The molecule has 1 aliphatic rings. The van der Waals surface area contributed by atoms with E-state index in [1.54, 1.807) is 0 Å². The molecular formula is C11H13NO3S. The van der Waals surface area contributed by atoms with Crippen LogP contribution in [0.15, 0.2) is 0 Å². The van der Waals surface area contributed by atoms with Crippen LogP contribution >= 0.6 is 11.3 Å². The molecule has 0 saturated heterocycles. The van der Waals surface area contributed by atoms with E-state index in [1.807, 2.05) is 0 Å². The molecule has 1 aromatic heterocycles. The molecule has 0 atom stereocenters. The molecule has 0 aromatic carbocycles. The predicted molar refractivity (Wildman–Crippen MR) is 61.5 cm³/mol. The summed E-state index contributed by atoms with van der Waals surface area (Å²) in [6, 6.07) is 0. The molecule has 0 spiro atoms. The van der Waals surface area contributed by atoms with Crippen molar-refractivity contribution < 1.29 is 14.3 Å². The van der Waals surface area contributed by atoms with E-state index in [4.69, 9.17) is 5.73 Å². The summed E-state index contributed by atoms with van der Waals surface area (Å²) in [5.41, 5.74) is 7.20. The maximum absolute atomic E-state index is 11.7. The molecule has 5 heteroatoms. The van der Waals surface area contributed by atoms with Crippen molar-refractivity contribution in [2.24, 2.45) is 0 Å². The fourth-order valence-corrected chi connectivity index (χ4v) is 3.14. The standard InChI is InChI=1S/C11H13NO3S/c1-6(13)15-11(14)9-7-4-2-3-5-8(7)16-10(9)12/h2-5,12H2,1H3. The summed E-state index contributed by atoms with van der Waals surface area (Å²) in [7, 11) is 0. The van der Waals surface area contributed by atoms with E-state index in [1.165, 1.54) is 23.1 Å². The quantitative estimate of drug-likeness (QED) is 0.600. The molecule has 86 valence electrons. The third-order valence-corrected chi connectivity index (χ3v) is 3.76. The smallest absolute Gasteiger partial charge is 0.349 e. The van der Waals surface area contributed by atoms with Gasteiger partial charge in [0, 0.05) is 11.8 Å². The van der Waals surface area contributed by atoms with Crippen LogP contribution in [0.2, 0.25) is 0 Å². The fourth-order valence-electron chi connectivity index (χ4n) is 1.99. The molecule has 16 heavy (non-hydrogen) atoms. The zero-order valence-corrected chi connectivity index (χ0v) is 9.86. The van der Waals surface area contributed by atoms with Crippen molar-refractivity contribution in [2.75, 3.05) is 5.73 Å². The summed E-state index contributed by atoms with van der Waals surface area (Å²) in [5, 5.41) is 0.471. The third-order valence-electron chi connectivity index (χ3n) is 2.64. The normalized spacial score (nSPS) is 14.3. The van der Waals surface area contributed by atoms with Crippen LogP contribution in [-0.4, -0.2) is 11.9 Å². The first kappa shape index (κ1) is 11.1. The van der Waals surface area contributed by atoms with Crippen LogP contribution < -0.4 is 5.73 Å². The topological polar surface area (TPSA) is 69.4 Å². The first-order valence-corrected chi connectivity index (χ1v) is 6.04. The van der Waals surface area contributed by atoms with E-state index in [0.29, 0.717) is 10.6 Å². The van der Waals surface area contributed by atoms with E-state index in [2.05, 4.69) is 4.74 Å². The molecule has 1 heterocycles. The Morgan fingerprint density at radius 1 is 1.31 bits per heavy atom. The largest absolute Gasteiger partial charge is 0.390 e. The first-order valence-electron chi connectivity index (χ1n) is 5.22. The minimum atomic E-state index is -0.607. The second-order valence-corrected chi connectivity index (χ2v) is 4.97. The highest BCUT2D eigenvalue weighted by atomic mass is 32.1. The van der Waals surface area contributed by atoms with Crippen LogP contribution in [0.5, 0.6) is 0 Å². The Balaban J connectivity index is 2.36. The minimum Gasteiger partial charge on any atom is -0.390 e. The highest BCUT2D eigenvalue weighted by molar-refractivity contribution is 7.16. The summed E-state index contributed by atoms with van der Waals surface area (Å²) in [5.74, 6) is -1.20. The van der Waals surface area contributed by atoms with Gasteiger partial charge in [0.05, 0.1) is 5.56 Å². The van der Waals surface area contributed by atoms with E-state index >= 15 is 0 Å². The molecule has 0 radical (unpaired) electrons. The maximum atomic E-state index is 11.7. The summed E-state index contributed by atoms with van der Waals surface area (Å²) in [4.78, 5) is 23.6. The Bertz CT molecular complexity index is 450. The lowest BCUT2D eigenvalue weighted by Gasteiger charge is -2.11. The molecule has 1 aliphatic carbocycles. The highest BCUT2D eigenvalue weighted by Crippen LogP contribution is 2.36. The number of nitrogen functional groups attached to an aromatic ring is 1. The Hall–Kier alpha value is -1.36. The Morgan fingerprint density at radius 2 is 2.00 bits per heavy atom. The summed E-state index contributed by atoms with van der Waals surface area (Å²) in [6.45, 7) is 1.22. The van der Waals surface area contributed by atoms with Crippen molar-refractivity contribution in [3.05, 3.63) is 16.0 Å². The number of thiophene rings is 1. The van der Waals surface area contributed by atoms with Gasteiger partial charge in [0.15, 0.2) is 0 Å². The van der Waals surface area contributed by atoms with Crippen molar-refractivity contribution in [3.8, 4) is 0 Å². The van der Waals surface area contributed by atoms with Crippen molar-refractivity contribution in [1.29, 1.82) is 0 Å². The molecule has 2 rings (SSSR count). The van der Waals surface area contributed by atoms with Gasteiger partial charge in [0.1, 0.15) is 5.00 Å². The first-order chi connectivity index (χ1) is 7.59. The van der Waals surface area contributed by atoms with E-state index in [0.717, 1.165) is 31.2 Å². The second kappa shape index (κ2) is 4.25. The number of hydrogen-bond acceptors (Lipinski definition) is 5. The zero-order chi connectivity index (χ0) is 11.7. The molecule has 0 bridgehead atoms. The zero-order valence-electron chi connectivity index (χ0n) is 9.04. The van der Waals surface area contributed by atoms with E-state index in [-0.39, 0.29) is 0 Å². The van der Waals surface area contributed by atoms with Gasteiger partial charge in [-0.15, -0.1) is 11.3 Å². The Kier molecular flexibility index (Phi) is 2.96. The van der Waals surface area contributed by atoms with Crippen molar-refractivity contribution in [1.82, 2.24) is 0 Å². The molecule has 0 amide bonds. The molecule has 1 aromatic rings. The van der Waals surface area contributed by atoms with Gasteiger partial charge < -0.3 is 10.5 Å². The van der Waals surface area contributed by atoms with Crippen molar-refractivity contribution >= 4 is 28.3 Å². The van der Waals surface area contributed by atoms with Crippen molar-refractivity contribution in [3.63, 3.8) is 0 Å². The summed E-state index contributed by atoms with van der Waals surface area (Å²) >= 11 is 1.44. The highest BCUT2D eigenvalue weighted by Gasteiger charge is 2.25. The molecule has 0 aliphatic heterocycles. The minimum absolute atomic E-state index is 0.412. The summed E-state index contributed by atoms with van der Waals surface area (Å²) < 4.78 is 4.59. The van der Waals surface area contributed by atoms with Gasteiger partial charge in [-0.2, -0.15) is 0 Å². The van der Waals surface area contributed by atoms with Gasteiger partial charge in [-0.25, -0.2) is 4.79 Å². The van der Waals surface area contributed by atoms with Gasteiger partial charge in [-0.1, -0.05) is 0 Å². The molecule has 2 N–H and O–H groups in total. The number of carbonyl (C=O) groups is 2. The van der Waals surface area contributed by atoms with Crippen LogP contribution in [-0.2, 0) is 22.4 Å². The molecular weight excluding hydrogens is 226 g/mol. The number of nitrogens with two attached hydrogens (primary N) is 1. The lowest BCUT2D eigenvalue weighted by atomic mass is 9.95. The lowest BCUT2D eigenvalue weighted by molar-refractivity contribution is -0.135. The maximum Gasteiger partial charge on any atom is 0.349 e. The number of carbonyl (C=O) groups excluding carboxylic acids is 2. The number of rotatable bonds is 1. The Labute approximate surface area is 97.4 Å². The van der Waals surface area contributed by atoms with Gasteiger partial charge >= 0.3 is 11.9 Å². The number of esters is 2. The number of ether oxygens (including phenoxy) is 1. The van der Waals surface area contributed by atoms with Crippen LogP contribution in [0.1, 0.15) is 40.6 Å². The van der Waals surface area contributed by atoms with E-state index in [9.17, 15) is 9.59 Å². The predicted octanol–water partition coefficient (Wildman–Crippen LogP) is 1.91. The van der Waals surface area contributed by atoms with Crippen LogP contribution in [0.25, 0.3) is 0 Å².